The molecule has 148 valence electrons. The van der Waals surface area contributed by atoms with Crippen molar-refractivity contribution < 1.29 is 0 Å². The average molecular weight is 395 g/mol. The highest BCUT2D eigenvalue weighted by Gasteiger charge is 2.28. The van der Waals surface area contributed by atoms with Crippen LogP contribution in [0.25, 0.3) is 21.7 Å². The molecule has 1 aliphatic heterocycles. The number of fused-ring (bicyclic) bond motifs is 3. The molecule has 1 unspecified atom stereocenters. The topological polar surface area (TPSA) is 56.1 Å². The zero-order valence-corrected chi connectivity index (χ0v) is 17.1. The van der Waals surface area contributed by atoms with Gasteiger partial charge in [-0.05, 0) is 36.8 Å². The Kier molecular flexibility index (Phi) is 4.14. The van der Waals surface area contributed by atoms with E-state index in [0.717, 1.165) is 46.4 Å². The molecule has 1 atom stereocenters. The molecule has 1 aliphatic rings. The minimum Gasteiger partial charge on any atom is -0.339 e. The molecule has 0 saturated carbocycles. The summed E-state index contributed by atoms with van der Waals surface area (Å²) >= 11 is 0. The van der Waals surface area contributed by atoms with Gasteiger partial charge >= 0.3 is 0 Å². The fraction of sp³-hybridized carbons (Fsp3) is 0.217. The maximum atomic E-state index is 7.24. The molecule has 5 rings (SSSR count). The Hall–Kier alpha value is -3.92. The van der Waals surface area contributed by atoms with Gasteiger partial charge in [-0.1, -0.05) is 25.1 Å². The van der Waals surface area contributed by atoms with E-state index in [1.807, 2.05) is 55.3 Å². The lowest BCUT2D eigenvalue weighted by Crippen LogP contribution is -2.21. The summed E-state index contributed by atoms with van der Waals surface area (Å²) in [5, 5.41) is 13.1. The largest absolute Gasteiger partial charge is 0.339 e. The summed E-state index contributed by atoms with van der Waals surface area (Å²) in [5.41, 5.74) is 6.00. The Morgan fingerprint density at radius 2 is 1.83 bits per heavy atom. The summed E-state index contributed by atoms with van der Waals surface area (Å²) < 4.78 is 3.96. The number of hydrogen-bond donors (Lipinski definition) is 0. The van der Waals surface area contributed by atoms with E-state index in [2.05, 4.69) is 54.7 Å². The number of hydrogen-bond acceptors (Lipinski definition) is 4. The Morgan fingerprint density at radius 1 is 1.03 bits per heavy atom. The van der Waals surface area contributed by atoms with Crippen LogP contribution in [0.3, 0.4) is 0 Å². The number of aromatic nitrogens is 5. The molecule has 7 nitrogen and oxygen atoms in total. The van der Waals surface area contributed by atoms with Crippen LogP contribution < -0.4 is 4.90 Å². The lowest BCUT2D eigenvalue weighted by atomic mass is 10.1. The highest BCUT2D eigenvalue weighted by Crippen LogP contribution is 2.40. The van der Waals surface area contributed by atoms with Gasteiger partial charge in [0.15, 0.2) is 5.69 Å². The quantitative estimate of drug-likeness (QED) is 0.458. The number of rotatable bonds is 2. The molecule has 0 saturated heterocycles. The third-order valence-electron chi connectivity index (χ3n) is 5.58. The van der Waals surface area contributed by atoms with E-state index in [-0.39, 0.29) is 5.92 Å². The van der Waals surface area contributed by atoms with Crippen molar-refractivity contribution in [1.29, 1.82) is 0 Å². The SMILES string of the molecule is [C-]#[N+]c1ccc(N2CC(C)c3nnc(C)n3-c3ccc(-c4cnn(C)c4)cc32)cc1. The third-order valence-corrected chi connectivity index (χ3v) is 5.58. The monoisotopic (exact) mass is 395 g/mol. The average Bonchev–Trinajstić information content (AvgIpc) is 3.34. The van der Waals surface area contributed by atoms with Crippen LogP contribution in [0.1, 0.15) is 24.5 Å². The first-order valence-electron chi connectivity index (χ1n) is 9.85. The van der Waals surface area contributed by atoms with Crippen molar-refractivity contribution in [1.82, 2.24) is 24.5 Å². The molecule has 7 heteroatoms. The van der Waals surface area contributed by atoms with E-state index >= 15 is 0 Å². The van der Waals surface area contributed by atoms with Gasteiger partial charge in [0.05, 0.1) is 24.1 Å². The molecule has 0 spiro atoms. The number of nitrogens with zero attached hydrogens (tertiary/aromatic N) is 7. The molecule has 0 N–H and O–H groups in total. The van der Waals surface area contributed by atoms with Crippen molar-refractivity contribution in [3.8, 4) is 16.8 Å². The second-order valence-electron chi connectivity index (χ2n) is 7.69. The van der Waals surface area contributed by atoms with Crippen LogP contribution in [0.5, 0.6) is 0 Å². The van der Waals surface area contributed by atoms with Crippen LogP contribution in [0.4, 0.5) is 17.1 Å². The third kappa shape index (κ3) is 2.85. The first-order valence-corrected chi connectivity index (χ1v) is 9.85. The number of aryl methyl sites for hydroxylation is 2. The van der Waals surface area contributed by atoms with E-state index in [9.17, 15) is 0 Å². The van der Waals surface area contributed by atoms with Crippen LogP contribution in [-0.4, -0.2) is 31.1 Å². The maximum Gasteiger partial charge on any atom is 0.187 e. The van der Waals surface area contributed by atoms with Gasteiger partial charge in [0, 0.05) is 37.0 Å². The first-order chi connectivity index (χ1) is 14.5. The van der Waals surface area contributed by atoms with Gasteiger partial charge in [-0.15, -0.1) is 10.2 Å². The Labute approximate surface area is 175 Å². The fourth-order valence-corrected chi connectivity index (χ4v) is 4.08. The lowest BCUT2D eigenvalue weighted by Gasteiger charge is -2.27. The Balaban J connectivity index is 1.73. The smallest absolute Gasteiger partial charge is 0.187 e. The van der Waals surface area contributed by atoms with Crippen molar-refractivity contribution >= 4 is 17.1 Å². The van der Waals surface area contributed by atoms with Crippen molar-refractivity contribution in [2.75, 3.05) is 11.4 Å². The van der Waals surface area contributed by atoms with Gasteiger partial charge in [-0.25, -0.2) is 4.85 Å². The van der Waals surface area contributed by atoms with Crippen molar-refractivity contribution in [3.05, 3.63) is 77.9 Å². The molecule has 3 heterocycles. The van der Waals surface area contributed by atoms with E-state index in [1.54, 1.807) is 0 Å². The van der Waals surface area contributed by atoms with Gasteiger partial charge in [-0.3, -0.25) is 9.25 Å². The summed E-state index contributed by atoms with van der Waals surface area (Å²) in [5.74, 6) is 2.02. The van der Waals surface area contributed by atoms with Gasteiger partial charge in [-0.2, -0.15) is 5.10 Å². The number of anilines is 2. The summed E-state index contributed by atoms with van der Waals surface area (Å²) in [4.78, 5) is 5.83. The molecule has 0 fully saturated rings. The first kappa shape index (κ1) is 18.1. The summed E-state index contributed by atoms with van der Waals surface area (Å²) in [6.45, 7) is 12.2. The standard InChI is InChI=1S/C23H21N7/c1-15-13-29(20-8-6-19(24-3)7-9-20)22-11-17(18-12-25-28(4)14-18)5-10-21(22)30-16(2)26-27-23(15)30/h5-12,14-15H,13H2,1-2,4H3. The van der Waals surface area contributed by atoms with Crippen LogP contribution >= 0.6 is 0 Å². The zero-order valence-electron chi connectivity index (χ0n) is 17.1. The summed E-state index contributed by atoms with van der Waals surface area (Å²) in [6.07, 6.45) is 3.90. The molecule has 0 aliphatic carbocycles. The molecule has 0 bridgehead atoms. The van der Waals surface area contributed by atoms with Crippen LogP contribution in [-0.2, 0) is 7.05 Å². The van der Waals surface area contributed by atoms with Gasteiger partial charge in [0.2, 0.25) is 0 Å². The predicted octanol–water partition coefficient (Wildman–Crippen LogP) is 4.78. The highest BCUT2D eigenvalue weighted by atomic mass is 15.3. The van der Waals surface area contributed by atoms with E-state index < -0.39 is 0 Å². The molecule has 2 aromatic heterocycles. The van der Waals surface area contributed by atoms with Crippen LogP contribution in [0.2, 0.25) is 0 Å². The molecule has 0 amide bonds. The van der Waals surface area contributed by atoms with Gasteiger partial charge in [0.25, 0.3) is 0 Å². The van der Waals surface area contributed by atoms with Gasteiger partial charge < -0.3 is 4.90 Å². The molecular weight excluding hydrogens is 374 g/mol. The normalized spacial score (nSPS) is 15.3. The molecule has 4 aromatic rings. The van der Waals surface area contributed by atoms with Crippen molar-refractivity contribution in [2.45, 2.75) is 19.8 Å². The van der Waals surface area contributed by atoms with Gasteiger partial charge in [0.1, 0.15) is 11.6 Å². The molecule has 30 heavy (non-hydrogen) atoms. The van der Waals surface area contributed by atoms with Crippen LogP contribution in [0, 0.1) is 13.5 Å². The second-order valence-corrected chi connectivity index (χ2v) is 7.69. The zero-order chi connectivity index (χ0) is 20.8. The number of benzene rings is 2. The fourth-order valence-electron chi connectivity index (χ4n) is 4.08. The van der Waals surface area contributed by atoms with Crippen molar-refractivity contribution in [3.63, 3.8) is 0 Å². The minimum atomic E-state index is 0.181. The lowest BCUT2D eigenvalue weighted by molar-refractivity contribution is 0.696. The van der Waals surface area contributed by atoms with Crippen molar-refractivity contribution in [2.24, 2.45) is 7.05 Å². The van der Waals surface area contributed by atoms with Crippen LogP contribution in [0.15, 0.2) is 54.9 Å². The Morgan fingerprint density at radius 3 is 2.53 bits per heavy atom. The molecule has 2 aromatic carbocycles. The molecule has 0 radical (unpaired) electrons. The summed E-state index contributed by atoms with van der Waals surface area (Å²) in [6, 6.07) is 14.2. The second kappa shape index (κ2) is 6.85. The van der Waals surface area contributed by atoms with E-state index in [1.165, 1.54) is 0 Å². The Bertz CT molecular complexity index is 1270. The summed E-state index contributed by atoms with van der Waals surface area (Å²) in [7, 11) is 1.92. The van der Waals surface area contributed by atoms with E-state index in [0.29, 0.717) is 5.69 Å². The predicted molar refractivity (Wildman–Crippen MR) is 116 cm³/mol. The minimum absolute atomic E-state index is 0.181. The maximum absolute atomic E-state index is 7.24. The highest BCUT2D eigenvalue weighted by molar-refractivity contribution is 5.79. The molecular formula is C23H21N7. The van der Waals surface area contributed by atoms with E-state index in [4.69, 9.17) is 6.57 Å².